The molecule has 1 aliphatic carbocycles. The van der Waals surface area contributed by atoms with Crippen LogP contribution < -0.4 is 5.56 Å². The van der Waals surface area contributed by atoms with Crippen molar-refractivity contribution in [3.8, 4) is 0 Å². The van der Waals surface area contributed by atoms with E-state index < -0.39 is 0 Å². The zero-order chi connectivity index (χ0) is 17.3. The first-order valence-electron chi connectivity index (χ1n) is 9.44. The summed E-state index contributed by atoms with van der Waals surface area (Å²) in [5.74, 6) is -0.154. The number of amides is 1. The van der Waals surface area contributed by atoms with Gasteiger partial charge in [0.2, 0.25) is 0 Å². The van der Waals surface area contributed by atoms with E-state index in [1.165, 1.54) is 55.5 Å². The van der Waals surface area contributed by atoms with E-state index in [-0.39, 0.29) is 22.4 Å². The lowest BCUT2D eigenvalue weighted by atomic mass is 9.74. The quantitative estimate of drug-likeness (QED) is 0.801. The van der Waals surface area contributed by atoms with Gasteiger partial charge in [0.1, 0.15) is 11.2 Å². The van der Waals surface area contributed by atoms with Gasteiger partial charge in [0, 0.05) is 25.5 Å². The zero-order valence-electron chi connectivity index (χ0n) is 14.6. The van der Waals surface area contributed by atoms with Crippen LogP contribution >= 0.6 is 0 Å². The molecule has 4 rings (SSSR count). The lowest BCUT2D eigenvalue weighted by Crippen LogP contribution is -2.47. The Labute approximate surface area is 147 Å². The van der Waals surface area contributed by atoms with Gasteiger partial charge in [0.15, 0.2) is 0 Å². The van der Waals surface area contributed by atoms with Gasteiger partial charge in [-0.15, -0.1) is 0 Å². The summed E-state index contributed by atoms with van der Waals surface area (Å²) in [4.78, 5) is 32.0. The maximum absolute atomic E-state index is 13.0. The Hall–Kier alpha value is -2.17. The predicted molar refractivity (Wildman–Crippen MR) is 96.7 cm³/mol. The fourth-order valence-electron chi connectivity index (χ4n) is 4.61. The molecule has 1 amide bonds. The second-order valence-electron chi connectivity index (χ2n) is 7.65. The number of nitrogens with zero attached hydrogens (tertiary/aromatic N) is 3. The molecular formula is C20H25N3O2. The summed E-state index contributed by atoms with van der Waals surface area (Å²) in [7, 11) is 0. The minimum absolute atomic E-state index is 0.154. The monoisotopic (exact) mass is 339 g/mol. The molecule has 2 fully saturated rings. The average Bonchev–Trinajstić information content (AvgIpc) is 2.87. The Bertz CT molecular complexity index is 834. The van der Waals surface area contributed by atoms with E-state index in [9.17, 15) is 9.59 Å². The maximum atomic E-state index is 13.0. The molecule has 1 saturated heterocycles. The first-order chi connectivity index (χ1) is 12.2. The van der Waals surface area contributed by atoms with E-state index >= 15 is 0 Å². The standard InChI is InChI=1S/C20H25N3O2/c24-18(16-14-21-17-8-3-6-13-23(17)19(16)25)22-12-7-11-20(15-22)9-4-1-2-5-10-20/h3,6,8,13-14H,1-2,4-5,7,9-12,15H2. The molecule has 0 radical (unpaired) electrons. The summed E-state index contributed by atoms with van der Waals surface area (Å²) in [6.45, 7) is 1.54. The highest BCUT2D eigenvalue weighted by molar-refractivity contribution is 5.93. The van der Waals surface area contributed by atoms with Crippen LogP contribution in [0.25, 0.3) is 5.65 Å². The fourth-order valence-corrected chi connectivity index (χ4v) is 4.61. The molecule has 2 aliphatic rings. The van der Waals surface area contributed by atoms with Crippen molar-refractivity contribution in [2.45, 2.75) is 51.4 Å². The number of rotatable bonds is 1. The van der Waals surface area contributed by atoms with Gasteiger partial charge in [-0.05, 0) is 43.2 Å². The number of piperidine rings is 1. The Balaban J connectivity index is 1.62. The van der Waals surface area contributed by atoms with Gasteiger partial charge in [-0.3, -0.25) is 14.0 Å². The van der Waals surface area contributed by atoms with Crippen LogP contribution in [0.5, 0.6) is 0 Å². The smallest absolute Gasteiger partial charge is 0.270 e. The predicted octanol–water partition coefficient (Wildman–Crippen LogP) is 3.27. The second-order valence-corrected chi connectivity index (χ2v) is 7.65. The van der Waals surface area contributed by atoms with Crippen LogP contribution in [0, 0.1) is 5.41 Å². The van der Waals surface area contributed by atoms with Crippen molar-refractivity contribution in [2.75, 3.05) is 13.1 Å². The summed E-state index contributed by atoms with van der Waals surface area (Å²) >= 11 is 0. The van der Waals surface area contributed by atoms with Crippen molar-refractivity contribution in [1.82, 2.24) is 14.3 Å². The molecule has 25 heavy (non-hydrogen) atoms. The van der Waals surface area contributed by atoms with Crippen LogP contribution in [0.15, 0.2) is 35.4 Å². The van der Waals surface area contributed by atoms with Crippen molar-refractivity contribution in [3.05, 3.63) is 46.5 Å². The molecule has 2 aromatic rings. The molecule has 0 N–H and O–H groups in total. The van der Waals surface area contributed by atoms with Crippen molar-refractivity contribution < 1.29 is 4.79 Å². The summed E-state index contributed by atoms with van der Waals surface area (Å²) in [6, 6.07) is 5.40. The highest BCUT2D eigenvalue weighted by Gasteiger charge is 2.37. The fraction of sp³-hybridized carbons (Fsp3) is 0.550. The summed E-state index contributed by atoms with van der Waals surface area (Å²) in [5, 5.41) is 0. The third-order valence-corrected chi connectivity index (χ3v) is 5.96. The van der Waals surface area contributed by atoms with Crippen molar-refractivity contribution >= 4 is 11.6 Å². The molecule has 1 spiro atoms. The SMILES string of the molecule is O=C(c1cnc2ccccn2c1=O)N1CCCC2(CCCCCC2)C1. The van der Waals surface area contributed by atoms with Gasteiger partial charge in [0.25, 0.3) is 11.5 Å². The molecule has 1 saturated carbocycles. The molecule has 0 atom stereocenters. The summed E-state index contributed by atoms with van der Waals surface area (Å²) < 4.78 is 1.46. The van der Waals surface area contributed by atoms with Crippen LogP contribution in [-0.4, -0.2) is 33.3 Å². The Morgan fingerprint density at radius 1 is 1.04 bits per heavy atom. The van der Waals surface area contributed by atoms with E-state index in [1.54, 1.807) is 18.3 Å². The Morgan fingerprint density at radius 2 is 1.80 bits per heavy atom. The lowest BCUT2D eigenvalue weighted by molar-refractivity contribution is 0.0463. The molecule has 5 nitrogen and oxygen atoms in total. The van der Waals surface area contributed by atoms with E-state index in [0.29, 0.717) is 5.65 Å². The molecule has 0 aromatic carbocycles. The van der Waals surface area contributed by atoms with Gasteiger partial charge in [-0.2, -0.15) is 0 Å². The van der Waals surface area contributed by atoms with Crippen molar-refractivity contribution in [1.29, 1.82) is 0 Å². The summed E-state index contributed by atoms with van der Waals surface area (Å²) in [5.41, 5.74) is 0.763. The lowest BCUT2D eigenvalue weighted by Gasteiger charge is -2.42. The van der Waals surface area contributed by atoms with Gasteiger partial charge in [-0.25, -0.2) is 4.98 Å². The van der Waals surface area contributed by atoms with E-state index in [2.05, 4.69) is 4.98 Å². The topological polar surface area (TPSA) is 54.7 Å². The molecule has 5 heteroatoms. The van der Waals surface area contributed by atoms with Crippen molar-refractivity contribution in [3.63, 3.8) is 0 Å². The Kier molecular flexibility index (Phi) is 4.32. The van der Waals surface area contributed by atoms with E-state index in [0.717, 1.165) is 19.5 Å². The van der Waals surface area contributed by atoms with Crippen LogP contribution in [0.3, 0.4) is 0 Å². The molecule has 1 aliphatic heterocycles. The maximum Gasteiger partial charge on any atom is 0.270 e. The first-order valence-corrected chi connectivity index (χ1v) is 9.44. The summed E-state index contributed by atoms with van der Waals surface area (Å²) in [6.07, 6.45) is 13.0. The number of likely N-dealkylation sites (tertiary alicyclic amines) is 1. The number of fused-ring (bicyclic) bond motifs is 1. The highest BCUT2D eigenvalue weighted by atomic mass is 16.2. The van der Waals surface area contributed by atoms with Gasteiger partial charge < -0.3 is 4.90 Å². The number of hydrogen-bond donors (Lipinski definition) is 0. The number of carbonyl (C=O) groups excluding carboxylic acids is 1. The van der Waals surface area contributed by atoms with Crippen LogP contribution in [0.1, 0.15) is 61.7 Å². The van der Waals surface area contributed by atoms with Gasteiger partial charge in [0.05, 0.1) is 0 Å². The molecule has 0 unspecified atom stereocenters. The first kappa shape index (κ1) is 16.3. The Morgan fingerprint density at radius 3 is 2.60 bits per heavy atom. The number of hydrogen-bond acceptors (Lipinski definition) is 3. The zero-order valence-corrected chi connectivity index (χ0v) is 14.6. The minimum Gasteiger partial charge on any atom is -0.338 e. The van der Waals surface area contributed by atoms with Crippen LogP contribution in [0.4, 0.5) is 0 Å². The van der Waals surface area contributed by atoms with Gasteiger partial charge in [-0.1, -0.05) is 31.7 Å². The van der Waals surface area contributed by atoms with E-state index in [4.69, 9.17) is 0 Å². The highest BCUT2D eigenvalue weighted by Crippen LogP contribution is 2.42. The van der Waals surface area contributed by atoms with E-state index in [1.807, 2.05) is 11.0 Å². The number of carbonyl (C=O) groups is 1. The number of aromatic nitrogens is 2. The average molecular weight is 339 g/mol. The van der Waals surface area contributed by atoms with Gasteiger partial charge >= 0.3 is 0 Å². The molecular weight excluding hydrogens is 314 g/mol. The molecule has 2 aromatic heterocycles. The largest absolute Gasteiger partial charge is 0.338 e. The molecule has 0 bridgehead atoms. The van der Waals surface area contributed by atoms with Crippen molar-refractivity contribution in [2.24, 2.45) is 5.41 Å². The third kappa shape index (κ3) is 3.08. The van der Waals surface area contributed by atoms with Crippen LogP contribution in [-0.2, 0) is 0 Å². The normalized spacial score (nSPS) is 20.6. The van der Waals surface area contributed by atoms with Crippen LogP contribution in [0.2, 0.25) is 0 Å². The molecule has 132 valence electrons. The molecule has 3 heterocycles. The second kappa shape index (κ2) is 6.62. The third-order valence-electron chi connectivity index (χ3n) is 5.96. The number of pyridine rings is 1. The minimum atomic E-state index is -0.268.